The Morgan fingerprint density at radius 3 is 2.06 bits per heavy atom. The Labute approximate surface area is 292 Å². The van der Waals surface area contributed by atoms with Gasteiger partial charge >= 0.3 is 0 Å². The molecule has 1 N–H and O–H groups in total. The number of phenols is 1. The van der Waals surface area contributed by atoms with E-state index in [0.29, 0.717) is 33.7 Å². The summed E-state index contributed by atoms with van der Waals surface area (Å²) >= 11 is 0. The minimum absolute atomic E-state index is 0.160. The molecule has 4 heteroatoms. The minimum Gasteiger partial charge on any atom is -0.507 e. The molecular formula is C45H42N2O2. The van der Waals surface area contributed by atoms with Crippen molar-refractivity contribution in [3.63, 3.8) is 0 Å². The molecule has 244 valence electrons. The second-order valence-electron chi connectivity index (χ2n) is 14.7. The van der Waals surface area contributed by atoms with Gasteiger partial charge in [0.1, 0.15) is 11.3 Å². The Hall–Kier alpha value is -5.48. The van der Waals surface area contributed by atoms with Crippen LogP contribution < -0.4 is 0 Å². The Bertz CT molecular complexity index is 2370. The fraction of sp³-hybridized carbons (Fsp3) is 0.200. The maximum absolute atomic E-state index is 11.6. The number of fused-ring (bicyclic) bond motifs is 1. The van der Waals surface area contributed by atoms with Crippen LogP contribution in [0.25, 0.3) is 56.1 Å². The van der Waals surface area contributed by atoms with Gasteiger partial charge in [0.05, 0.1) is 11.3 Å². The molecule has 0 aliphatic heterocycles. The van der Waals surface area contributed by atoms with Gasteiger partial charge in [0, 0.05) is 25.6 Å². The van der Waals surface area contributed by atoms with Gasteiger partial charge in [-0.15, -0.1) is 0 Å². The molecule has 7 rings (SSSR count). The van der Waals surface area contributed by atoms with Crippen molar-refractivity contribution < 1.29 is 12.3 Å². The van der Waals surface area contributed by atoms with Crippen molar-refractivity contribution in [3.8, 4) is 50.7 Å². The van der Waals surface area contributed by atoms with E-state index < -0.39 is 6.37 Å². The van der Waals surface area contributed by atoms with Crippen molar-refractivity contribution >= 4 is 11.1 Å². The number of oxazole rings is 1. The van der Waals surface area contributed by atoms with E-state index in [9.17, 15) is 7.85 Å². The highest BCUT2D eigenvalue weighted by molar-refractivity contribution is 5.93. The number of pyridine rings is 1. The highest BCUT2D eigenvalue weighted by Gasteiger charge is 2.27. The monoisotopic (exact) mass is 644 g/mol. The molecular weight excluding hydrogens is 601 g/mol. The summed E-state index contributed by atoms with van der Waals surface area (Å²) in [6, 6.07) is 39.1. The van der Waals surface area contributed by atoms with Gasteiger partial charge in [0.15, 0.2) is 5.58 Å². The van der Waals surface area contributed by atoms with E-state index in [0.717, 1.165) is 44.6 Å². The van der Waals surface area contributed by atoms with Gasteiger partial charge in [-0.05, 0) is 87.0 Å². The van der Waals surface area contributed by atoms with E-state index in [2.05, 4.69) is 59.7 Å². The largest absolute Gasteiger partial charge is 0.507 e. The smallest absolute Gasteiger partial charge is 0.231 e. The Morgan fingerprint density at radius 2 is 1.35 bits per heavy atom. The van der Waals surface area contributed by atoms with Crippen molar-refractivity contribution in [2.75, 3.05) is 0 Å². The fourth-order valence-corrected chi connectivity index (χ4v) is 6.19. The molecule has 0 saturated carbocycles. The summed E-state index contributed by atoms with van der Waals surface area (Å²) in [5, 5.41) is 11.6. The summed E-state index contributed by atoms with van der Waals surface area (Å²) in [6.45, 7) is 12.7. The SMILES string of the molecule is [2H]C([2H])(c1ccccc1)c1cc(-c2cc(-c3ccccc3)ccn2)cc(-c2cccc3oc(-c4cc(C(C)(C)C)cc(C(C)(C)C)c4O)nc23)c1. The molecule has 0 radical (unpaired) electrons. The molecule has 2 heterocycles. The highest BCUT2D eigenvalue weighted by Crippen LogP contribution is 2.43. The molecule has 2 aromatic heterocycles. The van der Waals surface area contributed by atoms with E-state index in [4.69, 9.17) is 14.4 Å². The van der Waals surface area contributed by atoms with E-state index in [1.165, 1.54) is 0 Å². The number of hydrogen-bond donors (Lipinski definition) is 1. The van der Waals surface area contributed by atoms with Gasteiger partial charge < -0.3 is 9.52 Å². The molecule has 0 atom stereocenters. The van der Waals surface area contributed by atoms with E-state index >= 15 is 0 Å². The van der Waals surface area contributed by atoms with Crippen LogP contribution in [-0.4, -0.2) is 15.1 Å². The number of hydrogen-bond acceptors (Lipinski definition) is 4. The molecule has 0 saturated heterocycles. The highest BCUT2D eigenvalue weighted by atomic mass is 16.3. The first-order valence-electron chi connectivity index (χ1n) is 17.7. The molecule has 5 aromatic carbocycles. The molecule has 0 aliphatic rings. The first kappa shape index (κ1) is 29.6. The molecule has 0 amide bonds. The number of rotatable bonds is 6. The predicted molar refractivity (Wildman–Crippen MR) is 202 cm³/mol. The molecule has 4 nitrogen and oxygen atoms in total. The lowest BCUT2D eigenvalue weighted by molar-refractivity contribution is 0.444. The van der Waals surface area contributed by atoms with Crippen LogP contribution in [0.5, 0.6) is 5.75 Å². The van der Waals surface area contributed by atoms with Crippen molar-refractivity contribution in [1.29, 1.82) is 0 Å². The zero-order valence-corrected chi connectivity index (χ0v) is 28.9. The average molecular weight is 645 g/mol. The number of phenolic OH excluding ortho intramolecular Hbond substituents is 1. The molecule has 0 spiro atoms. The first-order valence-corrected chi connectivity index (χ1v) is 16.7. The van der Waals surface area contributed by atoms with Crippen LogP contribution in [-0.2, 0) is 17.2 Å². The van der Waals surface area contributed by atoms with Crippen LogP contribution in [0.2, 0.25) is 0 Å². The maximum Gasteiger partial charge on any atom is 0.231 e. The van der Waals surface area contributed by atoms with Crippen molar-refractivity contribution in [3.05, 3.63) is 150 Å². The maximum atomic E-state index is 11.6. The van der Waals surface area contributed by atoms with Crippen LogP contribution in [0, 0.1) is 0 Å². The summed E-state index contributed by atoms with van der Waals surface area (Å²) in [6.07, 6.45) is -0.00100. The molecule has 7 aromatic rings. The zero-order chi connectivity index (χ0) is 36.1. The Morgan fingerprint density at radius 1 is 0.633 bits per heavy atom. The molecule has 0 bridgehead atoms. The Kier molecular flexibility index (Phi) is 7.57. The van der Waals surface area contributed by atoms with Crippen LogP contribution in [0.4, 0.5) is 0 Å². The third-order valence-electron chi connectivity index (χ3n) is 8.90. The van der Waals surface area contributed by atoms with Gasteiger partial charge in [-0.3, -0.25) is 4.98 Å². The van der Waals surface area contributed by atoms with Crippen LogP contribution in [0.3, 0.4) is 0 Å². The second kappa shape index (κ2) is 12.5. The van der Waals surface area contributed by atoms with E-state index in [1.807, 2.05) is 103 Å². The molecule has 0 aliphatic carbocycles. The van der Waals surface area contributed by atoms with Gasteiger partial charge in [-0.2, -0.15) is 0 Å². The summed E-state index contributed by atoms with van der Waals surface area (Å²) in [5.74, 6) is 0.494. The average Bonchev–Trinajstić information content (AvgIpc) is 3.56. The zero-order valence-electron chi connectivity index (χ0n) is 30.9. The van der Waals surface area contributed by atoms with Crippen molar-refractivity contribution in [2.24, 2.45) is 0 Å². The van der Waals surface area contributed by atoms with Crippen LogP contribution in [0.1, 0.15) is 66.5 Å². The first-order chi connectivity index (χ1) is 24.2. The summed E-state index contributed by atoms with van der Waals surface area (Å²) in [5.41, 5.74) is 9.42. The summed E-state index contributed by atoms with van der Waals surface area (Å²) in [7, 11) is 0. The summed E-state index contributed by atoms with van der Waals surface area (Å²) < 4.78 is 25.1. The van der Waals surface area contributed by atoms with E-state index in [1.54, 1.807) is 6.20 Å². The van der Waals surface area contributed by atoms with E-state index in [-0.39, 0.29) is 16.6 Å². The lowest BCUT2D eigenvalue weighted by Crippen LogP contribution is -2.17. The topological polar surface area (TPSA) is 59.2 Å². The predicted octanol–water partition coefficient (Wildman–Crippen LogP) is 11.8. The van der Waals surface area contributed by atoms with Crippen molar-refractivity contribution in [2.45, 2.75) is 58.7 Å². The normalized spacial score (nSPS) is 12.9. The van der Waals surface area contributed by atoms with Crippen molar-refractivity contribution in [1.82, 2.24) is 9.97 Å². The lowest BCUT2D eigenvalue weighted by Gasteiger charge is -2.27. The number of benzene rings is 5. The molecule has 0 fully saturated rings. The fourth-order valence-electron chi connectivity index (χ4n) is 6.19. The van der Waals surface area contributed by atoms with Gasteiger partial charge in [0.2, 0.25) is 5.89 Å². The number of nitrogens with zero attached hydrogens (tertiary/aromatic N) is 2. The summed E-state index contributed by atoms with van der Waals surface area (Å²) in [4.78, 5) is 9.79. The van der Waals surface area contributed by atoms with Crippen LogP contribution >= 0.6 is 0 Å². The standard InChI is InChI=1S/C45H42N2O2/c1-44(2,3)35-27-37(42(48)38(28-35)45(4,5)6)43-47-41-36(18-13-19-40(41)49-43)33-23-30(22-29-14-9-7-10-15-29)24-34(25-33)39-26-32(20-21-46-39)31-16-11-8-12-17-31/h7-21,23-28,48H,22H2,1-6H3/i22D2. The minimum atomic E-state index is -1.80. The third kappa shape index (κ3) is 6.64. The van der Waals surface area contributed by atoms with Gasteiger partial charge in [-0.1, -0.05) is 126 Å². The molecule has 49 heavy (non-hydrogen) atoms. The number of aromatic nitrogens is 2. The lowest BCUT2D eigenvalue weighted by atomic mass is 9.79. The number of para-hydroxylation sites is 1. The van der Waals surface area contributed by atoms with Gasteiger partial charge in [-0.25, -0.2) is 4.98 Å². The third-order valence-corrected chi connectivity index (χ3v) is 8.90. The second-order valence-corrected chi connectivity index (χ2v) is 14.7. The number of aromatic hydroxyl groups is 1. The van der Waals surface area contributed by atoms with Gasteiger partial charge in [0.25, 0.3) is 0 Å². The molecule has 0 unspecified atom stereocenters. The quantitative estimate of drug-likeness (QED) is 0.196. The Balaban J connectivity index is 1.43. The van der Waals surface area contributed by atoms with Crippen LogP contribution in [0.15, 0.2) is 132 Å².